The Morgan fingerprint density at radius 2 is 2.25 bits per heavy atom. The summed E-state index contributed by atoms with van der Waals surface area (Å²) in [4.78, 5) is 15.4. The van der Waals surface area contributed by atoms with Gasteiger partial charge in [0.1, 0.15) is 5.56 Å². The quantitative estimate of drug-likeness (QED) is 0.848. The molecule has 4 nitrogen and oxygen atoms in total. The SMILES string of the molecule is CCOc1nc2c(cc1C(=O)O)CCCC2. The van der Waals surface area contributed by atoms with Gasteiger partial charge in [-0.25, -0.2) is 9.78 Å². The Balaban J connectivity index is 2.45. The van der Waals surface area contributed by atoms with Crippen molar-refractivity contribution in [3.05, 3.63) is 22.9 Å². The van der Waals surface area contributed by atoms with E-state index >= 15 is 0 Å². The molecule has 4 heteroatoms. The van der Waals surface area contributed by atoms with Crippen molar-refractivity contribution in [3.63, 3.8) is 0 Å². The van der Waals surface area contributed by atoms with Gasteiger partial charge in [-0.05, 0) is 44.2 Å². The minimum atomic E-state index is -0.968. The average molecular weight is 221 g/mol. The van der Waals surface area contributed by atoms with Crippen LogP contribution in [0.5, 0.6) is 5.88 Å². The Morgan fingerprint density at radius 1 is 1.50 bits per heavy atom. The fourth-order valence-electron chi connectivity index (χ4n) is 2.01. The van der Waals surface area contributed by atoms with Crippen LogP contribution in [0.25, 0.3) is 0 Å². The molecule has 0 spiro atoms. The minimum absolute atomic E-state index is 0.183. The van der Waals surface area contributed by atoms with Gasteiger partial charge in [0.05, 0.1) is 6.61 Å². The molecule has 0 aliphatic heterocycles. The van der Waals surface area contributed by atoms with Crippen LogP contribution >= 0.6 is 0 Å². The van der Waals surface area contributed by atoms with Crippen LogP contribution in [0.15, 0.2) is 6.07 Å². The summed E-state index contributed by atoms with van der Waals surface area (Å²) in [5.41, 5.74) is 2.24. The summed E-state index contributed by atoms with van der Waals surface area (Å²) in [6.07, 6.45) is 4.09. The predicted molar refractivity (Wildman–Crippen MR) is 59.0 cm³/mol. The molecule has 1 aromatic rings. The van der Waals surface area contributed by atoms with E-state index in [9.17, 15) is 4.79 Å². The molecule has 0 bridgehead atoms. The number of ether oxygens (including phenoxy) is 1. The van der Waals surface area contributed by atoms with Crippen LogP contribution < -0.4 is 4.74 Å². The lowest BCUT2D eigenvalue weighted by Crippen LogP contribution is -2.12. The number of aryl methyl sites for hydroxylation is 2. The minimum Gasteiger partial charge on any atom is -0.477 e. The summed E-state index contributed by atoms with van der Waals surface area (Å²) < 4.78 is 5.27. The molecule has 1 heterocycles. The van der Waals surface area contributed by atoms with E-state index in [1.54, 1.807) is 6.07 Å². The number of carbonyl (C=O) groups is 1. The lowest BCUT2D eigenvalue weighted by Gasteiger charge is -2.17. The molecule has 2 rings (SSSR count). The van der Waals surface area contributed by atoms with Gasteiger partial charge in [0.15, 0.2) is 0 Å². The zero-order valence-electron chi connectivity index (χ0n) is 9.32. The number of hydrogen-bond donors (Lipinski definition) is 1. The Bertz CT molecular complexity index is 415. The van der Waals surface area contributed by atoms with Crippen LogP contribution in [0.3, 0.4) is 0 Å². The monoisotopic (exact) mass is 221 g/mol. The van der Waals surface area contributed by atoms with E-state index in [1.807, 2.05) is 6.92 Å². The zero-order chi connectivity index (χ0) is 11.5. The van der Waals surface area contributed by atoms with Crippen molar-refractivity contribution in [1.29, 1.82) is 0 Å². The summed E-state index contributed by atoms with van der Waals surface area (Å²) in [5, 5.41) is 9.07. The second-order valence-corrected chi connectivity index (χ2v) is 3.89. The van der Waals surface area contributed by atoms with E-state index in [4.69, 9.17) is 9.84 Å². The molecule has 0 saturated heterocycles. The highest BCUT2D eigenvalue weighted by Gasteiger charge is 2.19. The van der Waals surface area contributed by atoms with E-state index in [1.165, 1.54) is 0 Å². The number of hydrogen-bond acceptors (Lipinski definition) is 3. The van der Waals surface area contributed by atoms with Gasteiger partial charge in [-0.15, -0.1) is 0 Å². The van der Waals surface area contributed by atoms with Crippen LogP contribution in [0.4, 0.5) is 0 Å². The molecule has 0 saturated carbocycles. The van der Waals surface area contributed by atoms with Crippen molar-refractivity contribution < 1.29 is 14.6 Å². The summed E-state index contributed by atoms with van der Waals surface area (Å²) in [5.74, 6) is -0.708. The molecule has 0 atom stereocenters. The number of rotatable bonds is 3. The van der Waals surface area contributed by atoms with Crippen molar-refractivity contribution in [2.75, 3.05) is 6.61 Å². The fourth-order valence-corrected chi connectivity index (χ4v) is 2.01. The summed E-state index contributed by atoms with van der Waals surface area (Å²) in [7, 11) is 0. The van der Waals surface area contributed by atoms with E-state index < -0.39 is 5.97 Å². The number of pyridine rings is 1. The molecule has 86 valence electrons. The first-order valence-corrected chi connectivity index (χ1v) is 5.61. The molecule has 16 heavy (non-hydrogen) atoms. The Kier molecular flexibility index (Phi) is 3.08. The number of nitrogens with zero attached hydrogens (tertiary/aromatic N) is 1. The summed E-state index contributed by atoms with van der Waals surface area (Å²) in [6, 6.07) is 1.72. The predicted octanol–water partition coefficient (Wildman–Crippen LogP) is 2.06. The molecule has 1 aliphatic rings. The van der Waals surface area contributed by atoms with Gasteiger partial charge in [-0.3, -0.25) is 0 Å². The van der Waals surface area contributed by atoms with E-state index in [0.29, 0.717) is 6.61 Å². The molecule has 1 N–H and O–H groups in total. The second kappa shape index (κ2) is 4.51. The highest BCUT2D eigenvalue weighted by molar-refractivity contribution is 5.90. The van der Waals surface area contributed by atoms with E-state index in [-0.39, 0.29) is 11.4 Å². The third kappa shape index (κ3) is 2.01. The topological polar surface area (TPSA) is 59.4 Å². The van der Waals surface area contributed by atoms with Gasteiger partial charge < -0.3 is 9.84 Å². The first kappa shape index (κ1) is 10.9. The van der Waals surface area contributed by atoms with Gasteiger partial charge in [0.25, 0.3) is 0 Å². The van der Waals surface area contributed by atoms with Crippen molar-refractivity contribution in [1.82, 2.24) is 4.98 Å². The number of carboxylic acid groups (broad SMARTS) is 1. The molecule has 0 unspecified atom stereocenters. The maximum atomic E-state index is 11.1. The highest BCUT2D eigenvalue weighted by Crippen LogP contribution is 2.25. The third-order valence-electron chi connectivity index (χ3n) is 2.78. The maximum Gasteiger partial charge on any atom is 0.341 e. The zero-order valence-corrected chi connectivity index (χ0v) is 9.32. The van der Waals surface area contributed by atoms with Crippen LogP contribution in [0, 0.1) is 0 Å². The number of fused-ring (bicyclic) bond motifs is 1. The Hall–Kier alpha value is -1.58. The van der Waals surface area contributed by atoms with Crippen LogP contribution in [0.1, 0.15) is 41.4 Å². The molecule has 1 aliphatic carbocycles. The summed E-state index contributed by atoms with van der Waals surface area (Å²) >= 11 is 0. The van der Waals surface area contributed by atoms with Crippen molar-refractivity contribution in [2.24, 2.45) is 0 Å². The lowest BCUT2D eigenvalue weighted by atomic mass is 9.95. The van der Waals surface area contributed by atoms with Crippen molar-refractivity contribution >= 4 is 5.97 Å². The first-order chi connectivity index (χ1) is 7.72. The molecule has 0 amide bonds. The fraction of sp³-hybridized carbons (Fsp3) is 0.500. The highest BCUT2D eigenvalue weighted by atomic mass is 16.5. The number of aromatic carboxylic acids is 1. The molecule has 0 radical (unpaired) electrons. The van der Waals surface area contributed by atoms with Gasteiger partial charge >= 0.3 is 5.97 Å². The van der Waals surface area contributed by atoms with E-state index in [0.717, 1.165) is 36.9 Å². The first-order valence-electron chi connectivity index (χ1n) is 5.61. The van der Waals surface area contributed by atoms with Crippen molar-refractivity contribution in [2.45, 2.75) is 32.6 Å². The normalized spacial score (nSPS) is 14.3. The number of carboxylic acids is 1. The van der Waals surface area contributed by atoms with Crippen LogP contribution in [0.2, 0.25) is 0 Å². The van der Waals surface area contributed by atoms with Gasteiger partial charge in [-0.2, -0.15) is 0 Å². The van der Waals surface area contributed by atoms with Gasteiger partial charge in [-0.1, -0.05) is 0 Å². The van der Waals surface area contributed by atoms with Gasteiger partial charge in [0.2, 0.25) is 5.88 Å². The Morgan fingerprint density at radius 3 is 2.94 bits per heavy atom. The average Bonchev–Trinajstić information content (AvgIpc) is 2.28. The molecular weight excluding hydrogens is 206 g/mol. The van der Waals surface area contributed by atoms with Crippen LogP contribution in [-0.4, -0.2) is 22.7 Å². The van der Waals surface area contributed by atoms with E-state index in [2.05, 4.69) is 4.98 Å². The van der Waals surface area contributed by atoms with Gasteiger partial charge in [0, 0.05) is 5.69 Å². The van der Waals surface area contributed by atoms with Crippen molar-refractivity contribution in [3.8, 4) is 5.88 Å². The number of aromatic nitrogens is 1. The molecule has 1 aromatic heterocycles. The molecule has 0 aromatic carbocycles. The maximum absolute atomic E-state index is 11.1. The standard InChI is InChI=1S/C12H15NO3/c1-2-16-11-9(12(14)15)7-8-5-3-4-6-10(8)13-11/h7H,2-6H2,1H3,(H,14,15). The second-order valence-electron chi connectivity index (χ2n) is 3.89. The third-order valence-corrected chi connectivity index (χ3v) is 2.78. The lowest BCUT2D eigenvalue weighted by molar-refractivity contribution is 0.0691. The largest absolute Gasteiger partial charge is 0.477 e. The summed E-state index contributed by atoms with van der Waals surface area (Å²) in [6.45, 7) is 2.26. The molecule has 0 fully saturated rings. The smallest absolute Gasteiger partial charge is 0.341 e. The van der Waals surface area contributed by atoms with Crippen LogP contribution in [-0.2, 0) is 12.8 Å². The molecular formula is C12H15NO3. The Labute approximate surface area is 94.3 Å².